The second kappa shape index (κ2) is 3.57. The summed E-state index contributed by atoms with van der Waals surface area (Å²) >= 11 is 0. The molecule has 1 N–H and O–H groups in total. The van der Waals surface area contributed by atoms with Crippen LogP contribution >= 0.6 is 0 Å². The highest BCUT2D eigenvalue weighted by molar-refractivity contribution is 7.90. The van der Waals surface area contributed by atoms with Gasteiger partial charge in [-0.05, 0) is 23.6 Å². The Morgan fingerprint density at radius 1 is 1.47 bits per heavy atom. The van der Waals surface area contributed by atoms with E-state index in [0.717, 1.165) is 23.4 Å². The third kappa shape index (κ3) is 1.89. The van der Waals surface area contributed by atoms with Crippen molar-refractivity contribution in [2.24, 2.45) is 0 Å². The molecule has 1 aromatic heterocycles. The molecule has 0 amide bonds. The summed E-state index contributed by atoms with van der Waals surface area (Å²) in [6, 6.07) is 1.96. The molecule has 0 bridgehead atoms. The van der Waals surface area contributed by atoms with Gasteiger partial charge >= 0.3 is 0 Å². The van der Waals surface area contributed by atoms with Crippen LogP contribution in [0.3, 0.4) is 0 Å². The van der Waals surface area contributed by atoms with E-state index in [2.05, 4.69) is 10.3 Å². The fraction of sp³-hybridized carbons (Fsp3) is 0.500. The molecule has 2 heterocycles. The predicted octanol–water partition coefficient (Wildman–Crippen LogP) is 0.651. The molecule has 0 unspecified atom stereocenters. The van der Waals surface area contributed by atoms with E-state index in [9.17, 15) is 8.42 Å². The standard InChI is InChI=1S/C10H14N2O2S/c1-3-7-4-8-5-11-6-9(8)12-10(7)15(2,13)14/h4,11H,3,5-6H2,1-2H3. The number of sulfone groups is 1. The topological polar surface area (TPSA) is 59.1 Å². The average molecular weight is 226 g/mol. The van der Waals surface area contributed by atoms with Crippen molar-refractivity contribution < 1.29 is 8.42 Å². The number of nitrogens with zero attached hydrogens (tertiary/aromatic N) is 1. The van der Waals surface area contributed by atoms with E-state index in [1.807, 2.05) is 13.0 Å². The van der Waals surface area contributed by atoms with Gasteiger partial charge in [-0.3, -0.25) is 0 Å². The first-order valence-electron chi connectivity index (χ1n) is 4.95. The maximum Gasteiger partial charge on any atom is 0.193 e. The number of aromatic nitrogens is 1. The molecule has 0 saturated carbocycles. The van der Waals surface area contributed by atoms with Gasteiger partial charge in [0.15, 0.2) is 14.9 Å². The monoisotopic (exact) mass is 226 g/mol. The summed E-state index contributed by atoms with van der Waals surface area (Å²) < 4.78 is 23.1. The summed E-state index contributed by atoms with van der Waals surface area (Å²) in [6.45, 7) is 3.40. The molecular formula is C10H14N2O2S. The number of rotatable bonds is 2. The summed E-state index contributed by atoms with van der Waals surface area (Å²) in [7, 11) is -3.21. The van der Waals surface area contributed by atoms with Gasteiger partial charge in [-0.25, -0.2) is 13.4 Å². The first-order valence-corrected chi connectivity index (χ1v) is 6.84. The van der Waals surface area contributed by atoms with E-state index in [4.69, 9.17) is 0 Å². The molecule has 0 aromatic carbocycles. The molecule has 15 heavy (non-hydrogen) atoms. The van der Waals surface area contributed by atoms with Gasteiger partial charge in [0.2, 0.25) is 0 Å². The molecule has 82 valence electrons. The van der Waals surface area contributed by atoms with Crippen LogP contribution in [0, 0.1) is 0 Å². The van der Waals surface area contributed by atoms with Crippen LogP contribution in [0.2, 0.25) is 0 Å². The van der Waals surface area contributed by atoms with Gasteiger partial charge in [0.05, 0.1) is 5.69 Å². The van der Waals surface area contributed by atoms with Crippen molar-refractivity contribution in [1.29, 1.82) is 0 Å². The molecule has 4 nitrogen and oxygen atoms in total. The molecule has 2 rings (SSSR count). The van der Waals surface area contributed by atoms with E-state index in [0.29, 0.717) is 13.0 Å². The highest BCUT2D eigenvalue weighted by Gasteiger charge is 2.20. The Balaban J connectivity index is 2.64. The van der Waals surface area contributed by atoms with Crippen molar-refractivity contribution in [2.45, 2.75) is 31.5 Å². The van der Waals surface area contributed by atoms with Crippen molar-refractivity contribution in [3.63, 3.8) is 0 Å². The van der Waals surface area contributed by atoms with Crippen molar-refractivity contribution >= 4 is 9.84 Å². The van der Waals surface area contributed by atoms with Crippen molar-refractivity contribution in [3.05, 3.63) is 22.9 Å². The van der Waals surface area contributed by atoms with Crippen LogP contribution in [0.15, 0.2) is 11.1 Å². The first kappa shape index (κ1) is 10.6. The predicted molar refractivity (Wildman–Crippen MR) is 57.3 cm³/mol. The Labute approximate surface area is 89.6 Å². The minimum atomic E-state index is -3.21. The van der Waals surface area contributed by atoms with Gasteiger partial charge in [-0.15, -0.1) is 0 Å². The molecule has 1 aliphatic rings. The highest BCUT2D eigenvalue weighted by atomic mass is 32.2. The van der Waals surface area contributed by atoms with Crippen molar-refractivity contribution in [2.75, 3.05) is 6.26 Å². The average Bonchev–Trinajstić information content (AvgIpc) is 2.60. The molecule has 0 atom stereocenters. The lowest BCUT2D eigenvalue weighted by atomic mass is 10.1. The highest BCUT2D eigenvalue weighted by Crippen LogP contribution is 2.21. The molecule has 0 radical (unpaired) electrons. The molecule has 1 aliphatic heterocycles. The maximum absolute atomic E-state index is 11.5. The number of hydrogen-bond acceptors (Lipinski definition) is 4. The fourth-order valence-electron chi connectivity index (χ4n) is 1.82. The lowest BCUT2D eigenvalue weighted by Crippen LogP contribution is -2.08. The van der Waals surface area contributed by atoms with Gasteiger partial charge in [0, 0.05) is 19.3 Å². The van der Waals surface area contributed by atoms with Crippen LogP contribution in [0.1, 0.15) is 23.7 Å². The van der Waals surface area contributed by atoms with E-state index in [-0.39, 0.29) is 5.03 Å². The maximum atomic E-state index is 11.5. The Hall–Kier alpha value is -0.940. The zero-order valence-corrected chi connectivity index (χ0v) is 9.69. The smallest absolute Gasteiger partial charge is 0.193 e. The summed E-state index contributed by atoms with van der Waals surface area (Å²) in [5.74, 6) is 0. The van der Waals surface area contributed by atoms with Gasteiger partial charge < -0.3 is 5.32 Å². The van der Waals surface area contributed by atoms with Crippen LogP contribution in [0.5, 0.6) is 0 Å². The number of fused-ring (bicyclic) bond motifs is 1. The number of nitrogens with one attached hydrogen (secondary N) is 1. The van der Waals surface area contributed by atoms with Gasteiger partial charge in [0.25, 0.3) is 0 Å². The van der Waals surface area contributed by atoms with E-state index in [1.165, 1.54) is 6.26 Å². The van der Waals surface area contributed by atoms with E-state index in [1.54, 1.807) is 0 Å². The molecule has 1 aromatic rings. The minimum absolute atomic E-state index is 0.243. The minimum Gasteiger partial charge on any atom is -0.307 e. The van der Waals surface area contributed by atoms with Crippen LogP contribution in [-0.2, 0) is 29.3 Å². The van der Waals surface area contributed by atoms with Gasteiger partial charge in [-0.2, -0.15) is 0 Å². The first-order chi connectivity index (χ1) is 7.02. The third-order valence-electron chi connectivity index (χ3n) is 2.57. The Kier molecular flexibility index (Phi) is 2.52. The molecule has 0 saturated heterocycles. The summed E-state index contributed by atoms with van der Waals surface area (Å²) in [5, 5.41) is 3.40. The number of hydrogen-bond donors (Lipinski definition) is 1. The van der Waals surface area contributed by atoms with Crippen LogP contribution < -0.4 is 5.32 Å². The zero-order chi connectivity index (χ0) is 11.1. The number of pyridine rings is 1. The van der Waals surface area contributed by atoms with Crippen LogP contribution in [0.25, 0.3) is 0 Å². The molecule has 0 spiro atoms. The zero-order valence-electron chi connectivity index (χ0n) is 8.87. The molecule has 0 fully saturated rings. The van der Waals surface area contributed by atoms with Crippen molar-refractivity contribution in [3.8, 4) is 0 Å². The van der Waals surface area contributed by atoms with Crippen molar-refractivity contribution in [1.82, 2.24) is 10.3 Å². The summed E-state index contributed by atoms with van der Waals surface area (Å²) in [6.07, 6.45) is 1.91. The second-order valence-electron chi connectivity index (χ2n) is 3.79. The summed E-state index contributed by atoms with van der Waals surface area (Å²) in [4.78, 5) is 4.24. The third-order valence-corrected chi connectivity index (χ3v) is 3.63. The fourth-order valence-corrected chi connectivity index (χ4v) is 2.77. The lowest BCUT2D eigenvalue weighted by molar-refractivity contribution is 0.596. The molecule has 0 aliphatic carbocycles. The molecule has 5 heteroatoms. The van der Waals surface area contributed by atoms with Gasteiger partial charge in [0.1, 0.15) is 0 Å². The summed E-state index contributed by atoms with van der Waals surface area (Å²) in [5.41, 5.74) is 2.81. The van der Waals surface area contributed by atoms with Gasteiger partial charge in [-0.1, -0.05) is 6.92 Å². The normalized spacial score (nSPS) is 15.3. The number of aryl methyl sites for hydroxylation is 1. The largest absolute Gasteiger partial charge is 0.307 e. The van der Waals surface area contributed by atoms with E-state index >= 15 is 0 Å². The Bertz CT molecular complexity index is 494. The lowest BCUT2D eigenvalue weighted by Gasteiger charge is -2.07. The Morgan fingerprint density at radius 3 is 2.80 bits per heavy atom. The quantitative estimate of drug-likeness (QED) is 0.804. The van der Waals surface area contributed by atoms with Crippen LogP contribution in [0.4, 0.5) is 0 Å². The second-order valence-corrected chi connectivity index (χ2v) is 5.72. The SMILES string of the molecule is CCc1cc2c(nc1S(C)(=O)=O)CNC2. The molecular weight excluding hydrogens is 212 g/mol. The Morgan fingerprint density at radius 2 is 2.20 bits per heavy atom. The van der Waals surface area contributed by atoms with E-state index < -0.39 is 9.84 Å². The van der Waals surface area contributed by atoms with Crippen LogP contribution in [-0.4, -0.2) is 19.7 Å².